The first-order valence-electron chi connectivity index (χ1n) is 8.95. The molecule has 150 valence electrons. The molecule has 1 aliphatic rings. The number of nitrogens with one attached hydrogen (secondary N) is 1. The second-order valence-corrected chi connectivity index (χ2v) is 6.96. The number of carbonyl (C=O) groups is 1. The molecule has 9 heteroatoms. The van der Waals surface area contributed by atoms with Gasteiger partial charge in [-0.15, -0.1) is 0 Å². The molecule has 0 unspecified atom stereocenters. The first-order chi connectivity index (χ1) is 13.8. The van der Waals surface area contributed by atoms with Crippen LogP contribution in [0.4, 0.5) is 18.9 Å². The van der Waals surface area contributed by atoms with Gasteiger partial charge in [0.25, 0.3) is 5.91 Å². The number of alkyl halides is 3. The van der Waals surface area contributed by atoms with Gasteiger partial charge in [0.05, 0.1) is 12.1 Å². The predicted molar refractivity (Wildman–Crippen MR) is 101 cm³/mol. The fraction of sp³-hybridized carbons (Fsp3) is 0.250. The molecule has 0 saturated carbocycles. The topological polar surface area (TPSA) is 63.1 Å². The van der Waals surface area contributed by atoms with Gasteiger partial charge in [-0.1, -0.05) is 12.1 Å². The molecule has 29 heavy (non-hydrogen) atoms. The maximum Gasteiger partial charge on any atom is 0.401 e. The zero-order valence-electron chi connectivity index (χ0n) is 15.6. The normalized spacial score (nSPS) is 14.1. The van der Waals surface area contributed by atoms with Gasteiger partial charge in [0.15, 0.2) is 0 Å². The zero-order valence-corrected chi connectivity index (χ0v) is 15.6. The van der Waals surface area contributed by atoms with Crippen LogP contribution in [0.15, 0.2) is 48.9 Å². The molecule has 1 aromatic carbocycles. The maximum absolute atomic E-state index is 13.0. The molecular formula is C20H18F3N5O. The number of hydrogen-bond acceptors (Lipinski definition) is 4. The lowest BCUT2D eigenvalue weighted by atomic mass is 10.1. The number of fused-ring (bicyclic) bond motifs is 1. The van der Waals surface area contributed by atoms with Crippen LogP contribution in [0, 0.1) is 0 Å². The molecule has 0 saturated heterocycles. The fourth-order valence-electron chi connectivity index (χ4n) is 3.54. The minimum atomic E-state index is -4.26. The quantitative estimate of drug-likeness (QED) is 0.726. The summed E-state index contributed by atoms with van der Waals surface area (Å²) < 4.78 is 39.8. The Labute approximate surface area is 165 Å². The Morgan fingerprint density at radius 3 is 2.66 bits per heavy atom. The van der Waals surface area contributed by atoms with Crippen molar-refractivity contribution in [2.24, 2.45) is 7.05 Å². The highest BCUT2D eigenvalue weighted by molar-refractivity contribution is 6.08. The van der Waals surface area contributed by atoms with Gasteiger partial charge in [-0.3, -0.25) is 19.4 Å². The van der Waals surface area contributed by atoms with E-state index in [0.717, 1.165) is 11.1 Å². The Hall–Kier alpha value is -3.20. The minimum absolute atomic E-state index is 0.134. The van der Waals surface area contributed by atoms with Crippen LogP contribution in [-0.4, -0.2) is 38.3 Å². The van der Waals surface area contributed by atoms with Crippen LogP contribution in [0.3, 0.4) is 0 Å². The van der Waals surface area contributed by atoms with Gasteiger partial charge in [0, 0.05) is 50.0 Å². The molecule has 0 fully saturated rings. The van der Waals surface area contributed by atoms with Crippen LogP contribution in [0.5, 0.6) is 0 Å². The third kappa shape index (κ3) is 4.14. The lowest BCUT2D eigenvalue weighted by Crippen LogP contribution is -2.30. The van der Waals surface area contributed by atoms with Crippen LogP contribution in [0.25, 0.3) is 11.3 Å². The number of pyridine rings is 1. The van der Waals surface area contributed by atoms with Gasteiger partial charge in [0.2, 0.25) is 0 Å². The van der Waals surface area contributed by atoms with E-state index in [0.29, 0.717) is 22.5 Å². The number of aromatic nitrogens is 3. The first-order valence-corrected chi connectivity index (χ1v) is 8.95. The number of rotatable bonds is 4. The molecule has 4 rings (SSSR count). The number of hydrogen-bond donors (Lipinski definition) is 1. The molecule has 0 spiro atoms. The van der Waals surface area contributed by atoms with Gasteiger partial charge in [0.1, 0.15) is 5.69 Å². The van der Waals surface area contributed by atoms with Gasteiger partial charge in [-0.05, 0) is 29.3 Å². The first kappa shape index (κ1) is 19.1. The van der Waals surface area contributed by atoms with Crippen molar-refractivity contribution < 1.29 is 18.0 Å². The van der Waals surface area contributed by atoms with Crippen LogP contribution in [-0.2, 0) is 20.1 Å². The highest BCUT2D eigenvalue weighted by atomic mass is 19.4. The number of benzene rings is 1. The minimum Gasteiger partial charge on any atom is -0.322 e. The van der Waals surface area contributed by atoms with Gasteiger partial charge < -0.3 is 5.32 Å². The van der Waals surface area contributed by atoms with E-state index in [1.165, 1.54) is 4.90 Å². The summed E-state index contributed by atoms with van der Waals surface area (Å²) in [6.45, 7) is -0.646. The molecule has 0 bridgehead atoms. The second kappa shape index (κ2) is 7.32. The molecule has 3 heterocycles. The standard InChI is InChI=1S/C20H18F3N5O/c1-27-10-16(18(26-27)13-5-7-24-8-6-13)19(29)25-17-4-2-3-14-9-28(11-15(14)17)12-20(21,22)23/h2-8,10H,9,11-12H2,1H3,(H,25,29). The van der Waals surface area contributed by atoms with Crippen molar-refractivity contribution in [1.82, 2.24) is 19.7 Å². The molecule has 0 radical (unpaired) electrons. The summed E-state index contributed by atoms with van der Waals surface area (Å²) in [4.78, 5) is 18.2. The molecule has 1 aliphatic heterocycles. The third-order valence-corrected chi connectivity index (χ3v) is 4.73. The SMILES string of the molecule is Cn1cc(C(=O)Nc2cccc3c2CN(CC(F)(F)F)C3)c(-c2ccncc2)n1. The number of halogens is 3. The van der Waals surface area contributed by atoms with Crippen molar-refractivity contribution in [3.05, 3.63) is 65.6 Å². The summed E-state index contributed by atoms with van der Waals surface area (Å²) in [5, 5.41) is 7.21. The number of amides is 1. The van der Waals surface area contributed by atoms with E-state index in [-0.39, 0.29) is 19.0 Å². The predicted octanol–water partition coefficient (Wildman–Crippen LogP) is 3.61. The Bertz CT molecular complexity index is 1050. The molecule has 1 amide bonds. The number of nitrogens with zero attached hydrogens (tertiary/aromatic N) is 4. The number of carbonyl (C=O) groups excluding carboxylic acids is 1. The van der Waals surface area contributed by atoms with Crippen LogP contribution in [0.1, 0.15) is 21.5 Å². The molecule has 0 atom stereocenters. The Morgan fingerprint density at radius 2 is 1.93 bits per heavy atom. The van der Waals surface area contributed by atoms with E-state index in [4.69, 9.17) is 0 Å². The number of anilines is 1. The second-order valence-electron chi connectivity index (χ2n) is 6.96. The van der Waals surface area contributed by atoms with Crippen molar-refractivity contribution >= 4 is 11.6 Å². The molecular weight excluding hydrogens is 383 g/mol. The highest BCUT2D eigenvalue weighted by Gasteiger charge is 2.34. The number of aryl methyl sites for hydroxylation is 1. The molecule has 6 nitrogen and oxygen atoms in total. The largest absolute Gasteiger partial charge is 0.401 e. The van der Waals surface area contributed by atoms with Crippen molar-refractivity contribution in [1.29, 1.82) is 0 Å². The highest BCUT2D eigenvalue weighted by Crippen LogP contribution is 2.32. The average molecular weight is 401 g/mol. The zero-order chi connectivity index (χ0) is 20.6. The molecule has 2 aromatic heterocycles. The summed E-state index contributed by atoms with van der Waals surface area (Å²) >= 11 is 0. The maximum atomic E-state index is 13.0. The molecule has 1 N–H and O–H groups in total. The monoisotopic (exact) mass is 401 g/mol. The summed E-state index contributed by atoms with van der Waals surface area (Å²) in [7, 11) is 1.72. The fourth-order valence-corrected chi connectivity index (χ4v) is 3.54. The van der Waals surface area contributed by atoms with Crippen LogP contribution >= 0.6 is 0 Å². The third-order valence-electron chi connectivity index (χ3n) is 4.73. The van der Waals surface area contributed by atoms with E-state index in [9.17, 15) is 18.0 Å². The van der Waals surface area contributed by atoms with Gasteiger partial charge >= 0.3 is 6.18 Å². The molecule has 3 aromatic rings. The Kier molecular flexibility index (Phi) is 4.83. The van der Waals surface area contributed by atoms with E-state index < -0.39 is 12.7 Å². The van der Waals surface area contributed by atoms with E-state index in [1.54, 1.807) is 60.7 Å². The van der Waals surface area contributed by atoms with Crippen molar-refractivity contribution in [3.63, 3.8) is 0 Å². The average Bonchev–Trinajstić information content (AvgIpc) is 3.24. The van der Waals surface area contributed by atoms with Crippen molar-refractivity contribution in [2.75, 3.05) is 11.9 Å². The van der Waals surface area contributed by atoms with E-state index in [2.05, 4.69) is 15.4 Å². The van der Waals surface area contributed by atoms with Crippen molar-refractivity contribution in [3.8, 4) is 11.3 Å². The summed E-state index contributed by atoms with van der Waals surface area (Å²) in [5.74, 6) is -0.368. The lowest BCUT2D eigenvalue weighted by molar-refractivity contribution is -0.146. The summed E-state index contributed by atoms with van der Waals surface area (Å²) in [6, 6.07) is 8.74. The Balaban J connectivity index is 1.59. The van der Waals surface area contributed by atoms with E-state index >= 15 is 0 Å². The smallest absolute Gasteiger partial charge is 0.322 e. The summed E-state index contributed by atoms with van der Waals surface area (Å²) in [5.41, 5.74) is 3.65. The summed E-state index contributed by atoms with van der Waals surface area (Å²) in [6.07, 6.45) is 0.584. The van der Waals surface area contributed by atoms with Gasteiger partial charge in [-0.25, -0.2) is 0 Å². The van der Waals surface area contributed by atoms with Crippen LogP contribution in [0.2, 0.25) is 0 Å². The van der Waals surface area contributed by atoms with Crippen LogP contribution < -0.4 is 5.32 Å². The Morgan fingerprint density at radius 1 is 1.17 bits per heavy atom. The van der Waals surface area contributed by atoms with E-state index in [1.807, 2.05) is 0 Å². The molecule has 0 aliphatic carbocycles. The lowest BCUT2D eigenvalue weighted by Gasteiger charge is -2.17. The van der Waals surface area contributed by atoms with Gasteiger partial charge in [-0.2, -0.15) is 18.3 Å². The van der Waals surface area contributed by atoms with Crippen molar-refractivity contribution in [2.45, 2.75) is 19.3 Å².